The Bertz CT molecular complexity index is 108. The van der Waals surface area contributed by atoms with Crippen molar-refractivity contribution in [1.82, 2.24) is 0 Å². The second-order valence-corrected chi connectivity index (χ2v) is 14.4. The SMILES string of the molecule is CC(C)CC1SSSSSSS1. The second-order valence-electron chi connectivity index (χ2n) is 2.59. The minimum atomic E-state index is 0.765. The van der Waals surface area contributed by atoms with Crippen molar-refractivity contribution < 1.29 is 0 Å². The van der Waals surface area contributed by atoms with Crippen molar-refractivity contribution in [3.63, 3.8) is 0 Å². The molecule has 0 spiro atoms. The Hall–Kier alpha value is 2.45. The average Bonchev–Trinajstić information content (AvgIpc) is 1.93. The highest BCUT2D eigenvalue weighted by atomic mass is 33.9. The van der Waals surface area contributed by atoms with E-state index in [4.69, 9.17) is 0 Å². The van der Waals surface area contributed by atoms with Crippen molar-refractivity contribution in [2.75, 3.05) is 0 Å². The first-order valence-electron chi connectivity index (χ1n) is 3.44. The van der Waals surface area contributed by atoms with Crippen molar-refractivity contribution in [1.29, 1.82) is 0 Å². The lowest BCUT2D eigenvalue weighted by molar-refractivity contribution is 0.621. The molecule has 1 rings (SSSR count). The Morgan fingerprint density at radius 3 is 1.92 bits per heavy atom. The van der Waals surface area contributed by atoms with Crippen molar-refractivity contribution in [3.8, 4) is 0 Å². The van der Waals surface area contributed by atoms with Crippen molar-refractivity contribution in [2.24, 2.45) is 5.92 Å². The van der Waals surface area contributed by atoms with Gasteiger partial charge in [-0.3, -0.25) is 0 Å². The zero-order valence-electron chi connectivity index (χ0n) is 6.72. The maximum Gasteiger partial charge on any atom is 0.0728 e. The third kappa shape index (κ3) is 6.03. The topological polar surface area (TPSA) is 0 Å². The molecule has 0 aromatic heterocycles. The van der Waals surface area contributed by atoms with Gasteiger partial charge < -0.3 is 0 Å². The highest BCUT2D eigenvalue weighted by molar-refractivity contribution is 9.47. The summed E-state index contributed by atoms with van der Waals surface area (Å²) in [5, 5.41) is 0. The lowest BCUT2D eigenvalue weighted by Crippen LogP contribution is -1.98. The molecular weight excluding hydrogens is 285 g/mol. The first kappa shape index (κ1) is 12.5. The lowest BCUT2D eigenvalue weighted by atomic mass is 10.2. The van der Waals surface area contributed by atoms with Crippen LogP contribution in [0, 0.1) is 5.92 Å². The molecule has 1 heterocycles. The maximum atomic E-state index is 2.30. The summed E-state index contributed by atoms with van der Waals surface area (Å²) in [6.07, 6.45) is 1.32. The number of rotatable bonds is 2. The van der Waals surface area contributed by atoms with E-state index in [1.807, 2.05) is 70.7 Å². The van der Waals surface area contributed by atoms with Crippen LogP contribution in [0.4, 0.5) is 0 Å². The van der Waals surface area contributed by atoms with Gasteiger partial charge in [0.15, 0.2) is 0 Å². The van der Waals surface area contributed by atoms with Gasteiger partial charge in [0.25, 0.3) is 0 Å². The molecule has 1 aliphatic rings. The summed E-state index contributed by atoms with van der Waals surface area (Å²) in [4.78, 5) is 0. The fourth-order valence-corrected chi connectivity index (χ4v) is 18.1. The van der Waals surface area contributed by atoms with Crippen molar-refractivity contribution >= 4 is 70.7 Å². The van der Waals surface area contributed by atoms with Crippen LogP contribution < -0.4 is 0 Å². The molecule has 1 fully saturated rings. The molecule has 0 amide bonds. The quantitative estimate of drug-likeness (QED) is 0.566. The molecule has 1 saturated heterocycles. The van der Waals surface area contributed by atoms with Crippen LogP contribution in [-0.4, -0.2) is 4.58 Å². The number of hydrogen-bond donors (Lipinski definition) is 0. The Balaban J connectivity index is 2.20. The Kier molecular flexibility index (Phi) is 8.04. The molecule has 0 nitrogen and oxygen atoms in total. The molecule has 0 saturated carbocycles. The van der Waals surface area contributed by atoms with E-state index in [-0.39, 0.29) is 0 Å². The van der Waals surface area contributed by atoms with Crippen molar-refractivity contribution in [3.05, 3.63) is 0 Å². The fourth-order valence-electron chi connectivity index (χ4n) is 0.633. The summed E-state index contributed by atoms with van der Waals surface area (Å²) in [5.74, 6) is 0.818. The summed E-state index contributed by atoms with van der Waals surface area (Å²) < 4.78 is 0.765. The van der Waals surface area contributed by atoms with Gasteiger partial charge in [0, 0.05) is 0 Å². The standard InChI is InChI=1S/C5H10S7/c1-4(2)3-5-6-8-10-12-11-9-7-5/h4-5H,3H2,1-2H3. The first-order chi connectivity index (χ1) is 5.79. The predicted octanol–water partition coefficient (Wildman–Crippen LogP) is 5.99. The van der Waals surface area contributed by atoms with E-state index in [1.165, 1.54) is 6.42 Å². The Morgan fingerprint density at radius 2 is 1.42 bits per heavy atom. The van der Waals surface area contributed by atoms with Gasteiger partial charge in [-0.25, -0.2) is 0 Å². The molecular formula is C5H10S7. The minimum Gasteiger partial charge on any atom is -0.0663 e. The molecule has 0 aliphatic carbocycles. The maximum absolute atomic E-state index is 2.30. The highest BCUT2D eigenvalue weighted by Gasteiger charge is 2.16. The number of hydrogen-bond acceptors (Lipinski definition) is 7. The summed E-state index contributed by atoms with van der Waals surface area (Å²) in [7, 11) is 13.5. The van der Waals surface area contributed by atoms with Gasteiger partial charge in [-0.05, 0) is 61.5 Å². The van der Waals surface area contributed by atoms with E-state index in [0.29, 0.717) is 0 Å². The Labute approximate surface area is 100 Å². The van der Waals surface area contributed by atoms with Crippen LogP contribution in [0.5, 0.6) is 0 Å². The van der Waals surface area contributed by atoms with E-state index in [9.17, 15) is 0 Å². The summed E-state index contributed by atoms with van der Waals surface area (Å²) >= 11 is 0. The van der Waals surface area contributed by atoms with E-state index in [2.05, 4.69) is 13.8 Å². The monoisotopic (exact) mass is 294 g/mol. The van der Waals surface area contributed by atoms with Crippen LogP contribution in [0.15, 0.2) is 0 Å². The van der Waals surface area contributed by atoms with Crippen LogP contribution in [-0.2, 0) is 0 Å². The largest absolute Gasteiger partial charge is 0.0728 e. The second kappa shape index (κ2) is 7.70. The van der Waals surface area contributed by atoms with E-state index < -0.39 is 0 Å². The zero-order valence-corrected chi connectivity index (χ0v) is 12.4. The molecule has 1 aliphatic heterocycles. The van der Waals surface area contributed by atoms with Gasteiger partial charge in [0.2, 0.25) is 0 Å². The average molecular weight is 295 g/mol. The molecule has 72 valence electrons. The normalized spacial score (nSPS) is 22.2. The minimum absolute atomic E-state index is 0.765. The molecule has 0 atom stereocenters. The van der Waals surface area contributed by atoms with Gasteiger partial charge in [0.05, 0.1) is 4.58 Å². The summed E-state index contributed by atoms with van der Waals surface area (Å²) in [5.41, 5.74) is 0. The summed E-state index contributed by atoms with van der Waals surface area (Å²) in [6, 6.07) is 0. The zero-order chi connectivity index (χ0) is 8.81. The first-order valence-corrected chi connectivity index (χ1v) is 12.4. The third-order valence-corrected chi connectivity index (χ3v) is 15.5. The molecule has 0 aromatic rings. The molecule has 0 bridgehead atoms. The Morgan fingerprint density at radius 1 is 0.917 bits per heavy atom. The van der Waals surface area contributed by atoms with Crippen LogP contribution >= 0.6 is 70.7 Å². The molecule has 0 radical (unpaired) electrons. The van der Waals surface area contributed by atoms with Crippen LogP contribution in [0.2, 0.25) is 0 Å². The van der Waals surface area contributed by atoms with Crippen molar-refractivity contribution in [2.45, 2.75) is 24.9 Å². The molecule has 0 aromatic carbocycles. The smallest absolute Gasteiger partial charge is 0.0663 e. The van der Waals surface area contributed by atoms with E-state index in [0.717, 1.165) is 10.5 Å². The molecule has 0 N–H and O–H groups in total. The highest BCUT2D eigenvalue weighted by Crippen LogP contribution is 2.62. The van der Waals surface area contributed by atoms with Crippen LogP contribution in [0.3, 0.4) is 0 Å². The van der Waals surface area contributed by atoms with Crippen LogP contribution in [0.1, 0.15) is 20.3 Å². The van der Waals surface area contributed by atoms with E-state index in [1.54, 1.807) is 0 Å². The molecule has 12 heavy (non-hydrogen) atoms. The summed E-state index contributed by atoms with van der Waals surface area (Å²) in [6.45, 7) is 4.59. The predicted molar refractivity (Wildman–Crippen MR) is 76.4 cm³/mol. The molecule has 7 heteroatoms. The van der Waals surface area contributed by atoms with Gasteiger partial charge in [-0.15, -0.1) is 0 Å². The van der Waals surface area contributed by atoms with Gasteiger partial charge in [-0.2, -0.15) is 0 Å². The van der Waals surface area contributed by atoms with Gasteiger partial charge >= 0.3 is 0 Å². The van der Waals surface area contributed by atoms with E-state index >= 15 is 0 Å². The lowest BCUT2D eigenvalue weighted by Gasteiger charge is -2.17. The van der Waals surface area contributed by atoms with Gasteiger partial charge in [-0.1, -0.05) is 35.4 Å². The van der Waals surface area contributed by atoms with Crippen LogP contribution in [0.25, 0.3) is 0 Å². The third-order valence-electron chi connectivity index (χ3n) is 1.07. The molecule has 0 unspecified atom stereocenters. The fraction of sp³-hybridized carbons (Fsp3) is 1.00. The van der Waals surface area contributed by atoms with Gasteiger partial charge in [0.1, 0.15) is 0 Å².